The Labute approximate surface area is 170 Å². The van der Waals surface area contributed by atoms with Gasteiger partial charge in [-0.3, -0.25) is 4.79 Å². The highest BCUT2D eigenvalue weighted by atomic mass is 16.5. The number of benzene rings is 1. The Morgan fingerprint density at radius 2 is 2.03 bits per heavy atom. The number of methoxy groups -OCH3 is 1. The number of fused-ring (bicyclic) bond motifs is 1. The molecule has 0 saturated carbocycles. The fourth-order valence-corrected chi connectivity index (χ4v) is 3.93. The highest BCUT2D eigenvalue weighted by molar-refractivity contribution is 5.78. The molecule has 3 heterocycles. The quantitative estimate of drug-likeness (QED) is 0.663. The lowest BCUT2D eigenvalue weighted by atomic mass is 9.99. The smallest absolute Gasteiger partial charge is 0.261 e. The number of rotatable bonds is 5. The van der Waals surface area contributed by atoms with E-state index in [2.05, 4.69) is 10.1 Å². The van der Waals surface area contributed by atoms with Crippen molar-refractivity contribution in [3.8, 4) is 11.5 Å². The first-order valence-corrected chi connectivity index (χ1v) is 9.95. The molecule has 4 rings (SSSR count). The highest BCUT2D eigenvalue weighted by Gasteiger charge is 2.30. The Morgan fingerprint density at radius 1 is 1.17 bits per heavy atom. The number of hydrogen-bond donors (Lipinski definition) is 0. The first-order chi connectivity index (χ1) is 14.1. The van der Waals surface area contributed by atoms with Crippen LogP contribution in [0.15, 0.2) is 36.5 Å². The zero-order valence-corrected chi connectivity index (χ0v) is 17.1. The first kappa shape index (κ1) is 19.2. The molecule has 0 radical (unpaired) electrons. The molecule has 1 saturated heterocycles. The summed E-state index contributed by atoms with van der Waals surface area (Å²) in [5.74, 6) is 1.18. The molecule has 2 aromatic heterocycles. The van der Waals surface area contributed by atoms with Crippen molar-refractivity contribution in [3.05, 3.63) is 53.5 Å². The summed E-state index contributed by atoms with van der Waals surface area (Å²) in [6.45, 7) is 4.62. The topological polar surface area (TPSA) is 69.0 Å². The van der Waals surface area contributed by atoms with Gasteiger partial charge < -0.3 is 14.4 Å². The molecule has 29 heavy (non-hydrogen) atoms. The van der Waals surface area contributed by atoms with Crippen LogP contribution in [0.4, 0.5) is 0 Å². The van der Waals surface area contributed by atoms with Crippen LogP contribution in [0.5, 0.6) is 11.5 Å². The maximum Gasteiger partial charge on any atom is 0.261 e. The molecule has 1 atom stereocenters. The van der Waals surface area contributed by atoms with Gasteiger partial charge in [-0.25, -0.2) is 9.50 Å². The second kappa shape index (κ2) is 8.11. The van der Waals surface area contributed by atoms with Crippen molar-refractivity contribution >= 4 is 11.6 Å². The molecule has 0 unspecified atom stereocenters. The number of aryl methyl sites for hydroxylation is 2. The monoisotopic (exact) mass is 394 g/mol. The standard InChI is InChI=1S/C22H26N4O3/c1-15-7-8-19(20(12-15)28-3)29-14-22(27)25-11-5-4-6-17(25)18-9-10-23-21-13-16(2)24-26(18)21/h7-10,12-13,17H,4-6,11,14H2,1-3H3/t17-/m1/s1. The lowest BCUT2D eigenvalue weighted by Gasteiger charge is -2.35. The van der Waals surface area contributed by atoms with E-state index in [9.17, 15) is 4.79 Å². The summed E-state index contributed by atoms with van der Waals surface area (Å²) in [4.78, 5) is 19.4. The van der Waals surface area contributed by atoms with Crippen molar-refractivity contribution in [2.75, 3.05) is 20.3 Å². The number of aromatic nitrogens is 3. The molecule has 3 aromatic rings. The number of amides is 1. The number of piperidine rings is 1. The van der Waals surface area contributed by atoms with Gasteiger partial charge in [0.05, 0.1) is 24.5 Å². The van der Waals surface area contributed by atoms with Crippen LogP contribution in [0.3, 0.4) is 0 Å². The molecule has 0 aliphatic carbocycles. The third kappa shape index (κ3) is 3.90. The van der Waals surface area contributed by atoms with E-state index in [4.69, 9.17) is 9.47 Å². The minimum Gasteiger partial charge on any atom is -0.493 e. The van der Waals surface area contributed by atoms with Crippen LogP contribution in [0.2, 0.25) is 0 Å². The molecule has 7 heteroatoms. The molecule has 0 N–H and O–H groups in total. The summed E-state index contributed by atoms with van der Waals surface area (Å²) in [6, 6.07) is 9.56. The second-order valence-electron chi connectivity index (χ2n) is 7.47. The molecule has 1 amide bonds. The van der Waals surface area contributed by atoms with Crippen molar-refractivity contribution in [2.24, 2.45) is 0 Å². The third-order valence-electron chi connectivity index (χ3n) is 5.34. The maximum absolute atomic E-state index is 13.1. The predicted molar refractivity (Wildman–Crippen MR) is 109 cm³/mol. The van der Waals surface area contributed by atoms with Gasteiger partial charge >= 0.3 is 0 Å². The van der Waals surface area contributed by atoms with Crippen LogP contribution in [0.1, 0.15) is 42.3 Å². The van der Waals surface area contributed by atoms with Gasteiger partial charge in [-0.15, -0.1) is 0 Å². The molecule has 1 aliphatic heterocycles. The van der Waals surface area contributed by atoms with Crippen molar-refractivity contribution in [1.29, 1.82) is 0 Å². The highest BCUT2D eigenvalue weighted by Crippen LogP contribution is 2.32. The van der Waals surface area contributed by atoms with Gasteiger partial charge in [0.15, 0.2) is 23.8 Å². The zero-order chi connectivity index (χ0) is 20.4. The van der Waals surface area contributed by atoms with Crippen molar-refractivity contribution in [1.82, 2.24) is 19.5 Å². The van der Waals surface area contributed by atoms with Crippen LogP contribution in [-0.2, 0) is 4.79 Å². The summed E-state index contributed by atoms with van der Waals surface area (Å²) < 4.78 is 13.1. The molecule has 7 nitrogen and oxygen atoms in total. The lowest BCUT2D eigenvalue weighted by molar-refractivity contribution is -0.137. The van der Waals surface area contributed by atoms with Gasteiger partial charge in [-0.1, -0.05) is 6.07 Å². The number of ether oxygens (including phenoxy) is 2. The van der Waals surface area contributed by atoms with Crippen LogP contribution < -0.4 is 9.47 Å². The number of carbonyl (C=O) groups excluding carboxylic acids is 1. The Bertz CT molecular complexity index is 1030. The SMILES string of the molecule is COc1cc(C)ccc1OCC(=O)N1CCCC[C@@H]1c1ccnc2cc(C)nn12. The zero-order valence-electron chi connectivity index (χ0n) is 17.1. The third-order valence-corrected chi connectivity index (χ3v) is 5.34. The number of nitrogens with zero attached hydrogens (tertiary/aromatic N) is 4. The fourth-order valence-electron chi connectivity index (χ4n) is 3.93. The molecule has 1 aromatic carbocycles. The largest absolute Gasteiger partial charge is 0.493 e. The summed E-state index contributed by atoms with van der Waals surface area (Å²) in [6.07, 6.45) is 4.75. The molecule has 1 aliphatic rings. The van der Waals surface area contributed by atoms with Crippen LogP contribution in [0, 0.1) is 13.8 Å². The van der Waals surface area contributed by atoms with E-state index in [0.717, 1.165) is 41.9 Å². The maximum atomic E-state index is 13.1. The van der Waals surface area contributed by atoms with E-state index in [1.54, 1.807) is 13.3 Å². The molecule has 1 fully saturated rings. The van der Waals surface area contributed by atoms with Gasteiger partial charge in [-0.2, -0.15) is 5.10 Å². The van der Waals surface area contributed by atoms with Crippen LogP contribution in [-0.4, -0.2) is 45.7 Å². The summed E-state index contributed by atoms with van der Waals surface area (Å²) in [7, 11) is 1.60. The van der Waals surface area contributed by atoms with E-state index >= 15 is 0 Å². The minimum absolute atomic E-state index is 0.0255. The normalized spacial score (nSPS) is 16.8. The van der Waals surface area contributed by atoms with E-state index in [-0.39, 0.29) is 18.6 Å². The van der Waals surface area contributed by atoms with E-state index in [0.29, 0.717) is 18.0 Å². The van der Waals surface area contributed by atoms with Crippen molar-refractivity contribution in [3.63, 3.8) is 0 Å². The minimum atomic E-state index is -0.0374. The van der Waals surface area contributed by atoms with E-state index in [1.165, 1.54) is 0 Å². The van der Waals surface area contributed by atoms with Crippen molar-refractivity contribution < 1.29 is 14.3 Å². The van der Waals surface area contributed by atoms with Crippen LogP contribution in [0.25, 0.3) is 5.65 Å². The van der Waals surface area contributed by atoms with Gasteiger partial charge in [0.1, 0.15) is 0 Å². The number of likely N-dealkylation sites (tertiary alicyclic amines) is 1. The molecular formula is C22H26N4O3. The first-order valence-electron chi connectivity index (χ1n) is 9.95. The molecule has 152 valence electrons. The van der Waals surface area contributed by atoms with E-state index in [1.807, 2.05) is 53.6 Å². The second-order valence-corrected chi connectivity index (χ2v) is 7.47. The average Bonchev–Trinajstić information content (AvgIpc) is 3.12. The van der Waals surface area contributed by atoms with Gasteiger partial charge in [-0.05, 0) is 56.9 Å². The Kier molecular flexibility index (Phi) is 5.38. The summed E-state index contributed by atoms with van der Waals surface area (Å²) in [5.41, 5.74) is 3.78. The summed E-state index contributed by atoms with van der Waals surface area (Å²) >= 11 is 0. The lowest BCUT2D eigenvalue weighted by Crippen LogP contribution is -2.41. The Morgan fingerprint density at radius 3 is 2.86 bits per heavy atom. The van der Waals surface area contributed by atoms with Gasteiger partial charge in [0.25, 0.3) is 5.91 Å². The predicted octanol–water partition coefficient (Wildman–Crippen LogP) is 3.49. The van der Waals surface area contributed by atoms with E-state index < -0.39 is 0 Å². The van der Waals surface area contributed by atoms with Crippen molar-refractivity contribution in [2.45, 2.75) is 39.2 Å². The molecular weight excluding hydrogens is 368 g/mol. The molecule has 0 bridgehead atoms. The number of hydrogen-bond acceptors (Lipinski definition) is 5. The van der Waals surface area contributed by atoms with Gasteiger partial charge in [0.2, 0.25) is 0 Å². The fraction of sp³-hybridized carbons (Fsp3) is 0.409. The Balaban J connectivity index is 1.55. The average molecular weight is 394 g/mol. The molecule has 0 spiro atoms. The Hall–Kier alpha value is -3.09. The van der Waals surface area contributed by atoms with Crippen LogP contribution >= 0.6 is 0 Å². The van der Waals surface area contributed by atoms with Gasteiger partial charge in [0, 0.05) is 18.8 Å². The number of carbonyl (C=O) groups is 1. The summed E-state index contributed by atoms with van der Waals surface area (Å²) in [5, 5.41) is 4.57.